The normalized spacial score (nSPS) is 11.2. The highest BCUT2D eigenvalue weighted by Crippen LogP contribution is 2.26. The number of aryl methyl sites for hydroxylation is 1. The third-order valence-electron chi connectivity index (χ3n) is 3.44. The Labute approximate surface area is 138 Å². The Hall–Kier alpha value is -2.50. The quantitative estimate of drug-likeness (QED) is 0.725. The van der Waals surface area contributed by atoms with E-state index in [1.54, 1.807) is 0 Å². The lowest BCUT2D eigenvalue weighted by atomic mass is 10.0. The van der Waals surface area contributed by atoms with E-state index in [4.69, 9.17) is 4.74 Å². The van der Waals surface area contributed by atoms with E-state index in [2.05, 4.69) is 4.74 Å². The van der Waals surface area contributed by atoms with Crippen molar-refractivity contribution in [2.75, 3.05) is 6.61 Å². The molecule has 0 heterocycles. The second kappa shape index (κ2) is 7.86. The van der Waals surface area contributed by atoms with Gasteiger partial charge in [0.2, 0.25) is 0 Å². The van der Waals surface area contributed by atoms with Gasteiger partial charge < -0.3 is 9.47 Å². The summed E-state index contributed by atoms with van der Waals surface area (Å²) >= 11 is 0. The molecule has 128 valence electrons. The van der Waals surface area contributed by atoms with E-state index in [-0.39, 0.29) is 12.2 Å². The summed E-state index contributed by atoms with van der Waals surface area (Å²) in [6.07, 6.45) is -3.51. The third-order valence-corrected chi connectivity index (χ3v) is 3.44. The van der Waals surface area contributed by atoms with Crippen molar-refractivity contribution in [3.8, 4) is 5.75 Å². The summed E-state index contributed by atoms with van der Waals surface area (Å²) in [5.74, 6) is -1.41. The zero-order valence-electron chi connectivity index (χ0n) is 13.1. The monoisotopic (exact) mass is 338 g/mol. The summed E-state index contributed by atoms with van der Waals surface area (Å²) in [5, 5.41) is 0. The van der Waals surface area contributed by atoms with Crippen molar-refractivity contribution in [2.45, 2.75) is 26.1 Å². The number of alkyl halides is 3. The van der Waals surface area contributed by atoms with E-state index >= 15 is 0 Å². The van der Waals surface area contributed by atoms with Gasteiger partial charge in [-0.15, -0.1) is 13.2 Å². The molecule has 0 unspecified atom stereocenters. The lowest BCUT2D eigenvalue weighted by Gasteiger charge is -2.13. The van der Waals surface area contributed by atoms with Crippen molar-refractivity contribution in [1.82, 2.24) is 0 Å². The van der Waals surface area contributed by atoms with Crippen molar-refractivity contribution in [3.63, 3.8) is 0 Å². The van der Waals surface area contributed by atoms with Gasteiger partial charge in [-0.3, -0.25) is 0 Å². The van der Waals surface area contributed by atoms with E-state index in [1.807, 2.05) is 31.2 Å². The van der Waals surface area contributed by atoms with Gasteiger partial charge in [0.05, 0.1) is 6.61 Å². The van der Waals surface area contributed by atoms with Crippen LogP contribution in [0.15, 0.2) is 48.5 Å². The predicted molar refractivity (Wildman–Crippen MR) is 82.9 cm³/mol. The smallest absolute Gasteiger partial charge is 0.462 e. The Morgan fingerprint density at radius 3 is 2.29 bits per heavy atom. The number of hydrogen-bond donors (Lipinski definition) is 0. The van der Waals surface area contributed by atoms with Crippen molar-refractivity contribution < 1.29 is 27.4 Å². The molecule has 2 aromatic carbocycles. The van der Waals surface area contributed by atoms with Crippen LogP contribution in [0.25, 0.3) is 0 Å². The maximum absolute atomic E-state index is 12.4. The molecule has 0 amide bonds. The molecule has 0 aliphatic carbocycles. The van der Waals surface area contributed by atoms with Gasteiger partial charge >= 0.3 is 12.3 Å². The van der Waals surface area contributed by atoms with Crippen LogP contribution in [-0.4, -0.2) is 18.9 Å². The fourth-order valence-electron chi connectivity index (χ4n) is 2.33. The Morgan fingerprint density at radius 1 is 1.00 bits per heavy atom. The second-order valence-corrected chi connectivity index (χ2v) is 5.05. The molecule has 6 heteroatoms. The van der Waals surface area contributed by atoms with Crippen molar-refractivity contribution >= 4 is 5.97 Å². The molecule has 0 bridgehead atoms. The Kier molecular flexibility index (Phi) is 5.84. The van der Waals surface area contributed by atoms with Gasteiger partial charge in [-0.2, -0.15) is 0 Å². The van der Waals surface area contributed by atoms with Crippen molar-refractivity contribution in [3.05, 3.63) is 65.2 Å². The minimum Gasteiger partial charge on any atom is -0.462 e. The Morgan fingerprint density at radius 2 is 1.62 bits per heavy atom. The molecular weight excluding hydrogens is 321 g/mol. The first kappa shape index (κ1) is 17.8. The summed E-state index contributed by atoms with van der Waals surface area (Å²) in [4.78, 5) is 12.0. The van der Waals surface area contributed by atoms with Gasteiger partial charge in [-0.25, -0.2) is 4.79 Å². The second-order valence-electron chi connectivity index (χ2n) is 5.05. The highest BCUT2D eigenvalue weighted by atomic mass is 19.4. The lowest BCUT2D eigenvalue weighted by Crippen LogP contribution is -2.19. The molecule has 0 aliphatic heterocycles. The molecule has 0 radical (unpaired) electrons. The zero-order valence-corrected chi connectivity index (χ0v) is 13.1. The van der Waals surface area contributed by atoms with Crippen molar-refractivity contribution in [2.24, 2.45) is 0 Å². The molecule has 24 heavy (non-hydrogen) atoms. The molecule has 0 fully saturated rings. The molecule has 0 atom stereocenters. The number of carbonyl (C=O) groups excluding carboxylic acids is 1. The number of carbonyl (C=O) groups is 1. The first-order chi connectivity index (χ1) is 11.4. The molecule has 0 spiro atoms. The minimum atomic E-state index is -4.86. The van der Waals surface area contributed by atoms with Crippen LogP contribution < -0.4 is 4.74 Å². The van der Waals surface area contributed by atoms with Crippen LogP contribution >= 0.6 is 0 Å². The summed E-state index contributed by atoms with van der Waals surface area (Å²) in [7, 11) is 0. The van der Waals surface area contributed by atoms with Crippen LogP contribution in [0.2, 0.25) is 0 Å². The third kappa shape index (κ3) is 5.01. The number of halogens is 3. The molecule has 0 aromatic heterocycles. The highest BCUT2D eigenvalue weighted by Gasteiger charge is 2.33. The SMILES string of the molecule is CCc1ccccc1CCOC(=O)c1ccccc1OC(F)(F)F. The standard InChI is InChI=1S/C18H17F3O3/c1-2-13-7-3-4-8-14(13)11-12-23-17(22)15-9-5-6-10-16(15)24-18(19,20)21/h3-10H,2,11-12H2,1H3. The molecule has 0 aliphatic rings. The number of ether oxygens (including phenoxy) is 2. The van der Waals surface area contributed by atoms with E-state index < -0.39 is 18.1 Å². The molecule has 3 nitrogen and oxygen atoms in total. The van der Waals surface area contributed by atoms with Gasteiger partial charge in [-0.1, -0.05) is 43.3 Å². The van der Waals surface area contributed by atoms with Gasteiger partial charge in [0.15, 0.2) is 0 Å². The van der Waals surface area contributed by atoms with Crippen molar-refractivity contribution in [1.29, 1.82) is 0 Å². The van der Waals surface area contributed by atoms with E-state index in [0.717, 1.165) is 23.6 Å². The van der Waals surface area contributed by atoms with Gasteiger partial charge in [0, 0.05) is 6.42 Å². The van der Waals surface area contributed by atoms with Gasteiger partial charge in [0.1, 0.15) is 11.3 Å². The van der Waals surface area contributed by atoms with E-state index in [9.17, 15) is 18.0 Å². The van der Waals surface area contributed by atoms with Gasteiger partial charge in [0.25, 0.3) is 0 Å². The average Bonchev–Trinajstić information content (AvgIpc) is 2.54. The summed E-state index contributed by atoms with van der Waals surface area (Å²) in [6, 6.07) is 12.9. The first-order valence-corrected chi connectivity index (χ1v) is 7.49. The molecule has 2 rings (SSSR count). The predicted octanol–water partition coefficient (Wildman–Crippen LogP) is 4.55. The Balaban J connectivity index is 2.00. The minimum absolute atomic E-state index is 0.0796. The maximum atomic E-state index is 12.4. The fraction of sp³-hybridized carbons (Fsp3) is 0.278. The molecule has 0 saturated heterocycles. The summed E-state index contributed by atoms with van der Waals surface area (Å²) in [5.41, 5.74) is 1.94. The average molecular weight is 338 g/mol. The Bertz CT molecular complexity index is 696. The molecule has 0 saturated carbocycles. The summed E-state index contributed by atoms with van der Waals surface area (Å²) < 4.78 is 46.1. The zero-order chi connectivity index (χ0) is 17.6. The largest absolute Gasteiger partial charge is 0.573 e. The molecular formula is C18H17F3O3. The number of esters is 1. The lowest BCUT2D eigenvalue weighted by molar-refractivity contribution is -0.274. The first-order valence-electron chi connectivity index (χ1n) is 7.49. The van der Waals surface area contributed by atoms with Crippen LogP contribution in [-0.2, 0) is 17.6 Å². The number of para-hydroxylation sites is 1. The maximum Gasteiger partial charge on any atom is 0.573 e. The van der Waals surface area contributed by atoms with Crippen LogP contribution in [0.3, 0.4) is 0 Å². The molecule has 2 aromatic rings. The molecule has 0 N–H and O–H groups in total. The number of benzene rings is 2. The number of hydrogen-bond acceptors (Lipinski definition) is 3. The van der Waals surface area contributed by atoms with Crippen LogP contribution in [0.4, 0.5) is 13.2 Å². The van der Waals surface area contributed by atoms with E-state index in [0.29, 0.717) is 6.42 Å². The summed E-state index contributed by atoms with van der Waals surface area (Å²) in [6.45, 7) is 2.10. The number of rotatable bonds is 6. The van der Waals surface area contributed by atoms with Crippen LogP contribution in [0.1, 0.15) is 28.4 Å². The van der Waals surface area contributed by atoms with Crippen LogP contribution in [0.5, 0.6) is 5.75 Å². The fourth-order valence-corrected chi connectivity index (χ4v) is 2.33. The highest BCUT2D eigenvalue weighted by molar-refractivity contribution is 5.92. The topological polar surface area (TPSA) is 35.5 Å². The van der Waals surface area contributed by atoms with Gasteiger partial charge in [-0.05, 0) is 29.7 Å². The van der Waals surface area contributed by atoms with E-state index in [1.165, 1.54) is 18.2 Å². The van der Waals surface area contributed by atoms with Crippen LogP contribution in [0, 0.1) is 0 Å².